The van der Waals surface area contributed by atoms with Crippen LogP contribution in [0.25, 0.3) is 22.2 Å². The van der Waals surface area contributed by atoms with E-state index < -0.39 is 0 Å². The summed E-state index contributed by atoms with van der Waals surface area (Å²) in [6.07, 6.45) is 12.8. The van der Waals surface area contributed by atoms with Crippen LogP contribution in [0.15, 0.2) is 66.9 Å². The Labute approximate surface area is 241 Å². The standard InChI is InChI=1S/C34H39N5O2/c1-39-25-9-6-10-26(39)21-28(20-25)41-27-15-12-23(13-16-27)32-29-19-24(14-17-30(29)37-38-32)34(40)36-33(22-7-2-3-8-22)31-11-4-5-18-35-31/h4-5,11-19,22,25-26,28,33H,2-3,6-10,20-21H2,1H3,(H,36,40)(H,37,38). The number of aromatic nitrogens is 3. The number of pyridine rings is 1. The van der Waals surface area contributed by atoms with E-state index in [-0.39, 0.29) is 18.1 Å². The zero-order valence-corrected chi connectivity index (χ0v) is 23.8. The summed E-state index contributed by atoms with van der Waals surface area (Å²) in [5, 5.41) is 12.0. The second kappa shape index (κ2) is 11.3. The molecule has 3 aliphatic rings. The summed E-state index contributed by atoms with van der Waals surface area (Å²) >= 11 is 0. The van der Waals surface area contributed by atoms with Gasteiger partial charge in [-0.2, -0.15) is 5.10 Å². The van der Waals surface area contributed by atoms with Gasteiger partial charge in [0.25, 0.3) is 5.91 Å². The molecule has 2 aromatic carbocycles. The molecule has 7 nitrogen and oxygen atoms in total. The van der Waals surface area contributed by atoms with Crippen molar-refractivity contribution >= 4 is 16.8 Å². The molecular weight excluding hydrogens is 510 g/mol. The van der Waals surface area contributed by atoms with Crippen molar-refractivity contribution in [2.45, 2.75) is 82.0 Å². The summed E-state index contributed by atoms with van der Waals surface area (Å²) in [4.78, 5) is 20.7. The van der Waals surface area contributed by atoms with E-state index in [0.717, 1.165) is 59.3 Å². The average Bonchev–Trinajstić information content (AvgIpc) is 3.68. The van der Waals surface area contributed by atoms with E-state index in [1.54, 1.807) is 0 Å². The molecule has 7 heteroatoms. The van der Waals surface area contributed by atoms with Gasteiger partial charge in [0.2, 0.25) is 0 Å². The Morgan fingerprint density at radius 3 is 2.49 bits per heavy atom. The molecule has 4 aromatic rings. The first kappa shape index (κ1) is 26.2. The number of nitrogens with one attached hydrogen (secondary N) is 2. The summed E-state index contributed by atoms with van der Waals surface area (Å²) in [6.45, 7) is 0. The highest BCUT2D eigenvalue weighted by Crippen LogP contribution is 2.37. The Kier molecular flexibility index (Phi) is 7.21. The molecule has 0 radical (unpaired) electrons. The van der Waals surface area contributed by atoms with Crippen LogP contribution < -0.4 is 10.1 Å². The van der Waals surface area contributed by atoms with E-state index in [2.05, 4.69) is 56.7 Å². The maximum Gasteiger partial charge on any atom is 0.251 e. The van der Waals surface area contributed by atoms with Crippen molar-refractivity contribution in [2.24, 2.45) is 5.92 Å². The number of nitrogens with zero attached hydrogens (tertiary/aromatic N) is 3. The molecule has 41 heavy (non-hydrogen) atoms. The van der Waals surface area contributed by atoms with Gasteiger partial charge in [-0.15, -0.1) is 0 Å². The van der Waals surface area contributed by atoms with Crippen LogP contribution in [0.2, 0.25) is 0 Å². The lowest BCUT2D eigenvalue weighted by atomic mass is 9.83. The van der Waals surface area contributed by atoms with Crippen molar-refractivity contribution in [2.75, 3.05) is 7.05 Å². The topological polar surface area (TPSA) is 83.1 Å². The van der Waals surface area contributed by atoms with E-state index in [0.29, 0.717) is 23.6 Å². The van der Waals surface area contributed by atoms with E-state index in [9.17, 15) is 4.79 Å². The van der Waals surface area contributed by atoms with Crippen LogP contribution in [-0.2, 0) is 0 Å². The fourth-order valence-corrected chi connectivity index (χ4v) is 7.43. The lowest BCUT2D eigenvalue weighted by Crippen LogP contribution is -2.52. The van der Waals surface area contributed by atoms with Crippen LogP contribution in [0.1, 0.15) is 79.9 Å². The van der Waals surface area contributed by atoms with Crippen LogP contribution in [0.3, 0.4) is 0 Å². The van der Waals surface area contributed by atoms with E-state index in [1.165, 1.54) is 32.1 Å². The van der Waals surface area contributed by atoms with Crippen molar-refractivity contribution in [1.82, 2.24) is 25.4 Å². The first-order valence-electron chi connectivity index (χ1n) is 15.3. The van der Waals surface area contributed by atoms with Gasteiger partial charge in [-0.25, -0.2) is 0 Å². The zero-order chi connectivity index (χ0) is 27.8. The number of piperidine rings is 2. The van der Waals surface area contributed by atoms with Crippen LogP contribution in [-0.4, -0.2) is 51.2 Å². The normalized spacial score (nSPS) is 23.9. The predicted molar refractivity (Wildman–Crippen MR) is 161 cm³/mol. The summed E-state index contributed by atoms with van der Waals surface area (Å²) in [7, 11) is 2.28. The Hall–Kier alpha value is -3.71. The summed E-state index contributed by atoms with van der Waals surface area (Å²) in [5.41, 5.74) is 4.31. The largest absolute Gasteiger partial charge is 0.490 e. The number of H-pyrrole nitrogens is 1. The molecule has 212 valence electrons. The Morgan fingerprint density at radius 2 is 1.76 bits per heavy atom. The summed E-state index contributed by atoms with van der Waals surface area (Å²) in [6, 6.07) is 21.2. The van der Waals surface area contributed by atoms with E-state index >= 15 is 0 Å². The fourth-order valence-electron chi connectivity index (χ4n) is 7.43. The number of carbonyl (C=O) groups excluding carboxylic acids is 1. The van der Waals surface area contributed by atoms with Crippen molar-refractivity contribution < 1.29 is 9.53 Å². The number of carbonyl (C=O) groups is 1. The second-order valence-corrected chi connectivity index (χ2v) is 12.2. The molecule has 3 unspecified atom stereocenters. The van der Waals surface area contributed by atoms with Crippen molar-refractivity contribution in [3.05, 3.63) is 78.1 Å². The monoisotopic (exact) mass is 549 g/mol. The highest BCUT2D eigenvalue weighted by molar-refractivity contribution is 6.01. The number of benzene rings is 2. The quantitative estimate of drug-likeness (QED) is 0.269. The molecule has 1 amide bonds. The predicted octanol–water partition coefficient (Wildman–Crippen LogP) is 6.68. The number of hydrogen-bond donors (Lipinski definition) is 2. The smallest absolute Gasteiger partial charge is 0.251 e. The maximum atomic E-state index is 13.5. The third-order valence-corrected chi connectivity index (χ3v) is 9.72. The third kappa shape index (κ3) is 5.35. The number of rotatable bonds is 7. The first-order chi connectivity index (χ1) is 20.1. The second-order valence-electron chi connectivity index (χ2n) is 12.2. The highest BCUT2D eigenvalue weighted by Gasteiger charge is 2.37. The van der Waals surface area contributed by atoms with Gasteiger partial charge in [-0.05, 0) is 106 Å². The van der Waals surface area contributed by atoms with Gasteiger partial charge >= 0.3 is 0 Å². The minimum absolute atomic E-state index is 0.0757. The molecule has 1 aliphatic carbocycles. The Balaban J connectivity index is 1.08. The van der Waals surface area contributed by atoms with Gasteiger partial charge in [0, 0.05) is 34.8 Å². The van der Waals surface area contributed by atoms with E-state index in [1.807, 2.05) is 42.6 Å². The van der Waals surface area contributed by atoms with Crippen LogP contribution in [0.5, 0.6) is 5.75 Å². The maximum absolute atomic E-state index is 13.5. The van der Waals surface area contributed by atoms with Gasteiger partial charge in [-0.1, -0.05) is 25.3 Å². The molecular formula is C34H39N5O2. The van der Waals surface area contributed by atoms with Crippen LogP contribution in [0, 0.1) is 5.92 Å². The molecule has 2 N–H and O–H groups in total. The minimum atomic E-state index is -0.0811. The molecule has 2 saturated heterocycles. The molecule has 2 aromatic heterocycles. The molecule has 2 bridgehead atoms. The lowest BCUT2D eigenvalue weighted by molar-refractivity contribution is 0.000143. The van der Waals surface area contributed by atoms with Crippen molar-refractivity contribution in [1.29, 1.82) is 0 Å². The Morgan fingerprint density at radius 1 is 0.976 bits per heavy atom. The van der Waals surface area contributed by atoms with Gasteiger partial charge in [0.05, 0.1) is 22.9 Å². The summed E-state index contributed by atoms with van der Waals surface area (Å²) < 4.78 is 6.45. The third-order valence-electron chi connectivity index (χ3n) is 9.72. The first-order valence-corrected chi connectivity index (χ1v) is 15.3. The zero-order valence-electron chi connectivity index (χ0n) is 23.8. The highest BCUT2D eigenvalue weighted by atomic mass is 16.5. The van der Waals surface area contributed by atoms with Crippen LogP contribution >= 0.6 is 0 Å². The molecule has 7 rings (SSSR count). The number of hydrogen-bond acceptors (Lipinski definition) is 5. The van der Waals surface area contributed by atoms with E-state index in [4.69, 9.17) is 4.74 Å². The van der Waals surface area contributed by atoms with Gasteiger partial charge in [-0.3, -0.25) is 14.9 Å². The number of ether oxygens (including phenoxy) is 1. The molecule has 3 atom stereocenters. The fraction of sp³-hybridized carbons (Fsp3) is 0.441. The SMILES string of the molecule is CN1C2CCCC1CC(Oc1ccc(-c3n[nH]c4ccc(C(=O)NC(c5ccccn5)C5CCCC5)cc34)cc1)C2. The van der Waals surface area contributed by atoms with Crippen LogP contribution in [0.4, 0.5) is 0 Å². The lowest BCUT2D eigenvalue weighted by Gasteiger charge is -2.46. The van der Waals surface area contributed by atoms with Crippen molar-refractivity contribution in [3.8, 4) is 17.0 Å². The molecule has 0 spiro atoms. The summed E-state index contributed by atoms with van der Waals surface area (Å²) in [5.74, 6) is 1.25. The average molecular weight is 550 g/mol. The Bertz CT molecular complexity index is 1480. The molecule has 2 aliphatic heterocycles. The van der Waals surface area contributed by atoms with Gasteiger partial charge in [0.15, 0.2) is 0 Å². The van der Waals surface area contributed by atoms with Crippen molar-refractivity contribution in [3.63, 3.8) is 0 Å². The number of aromatic amines is 1. The molecule has 4 heterocycles. The van der Waals surface area contributed by atoms with Gasteiger partial charge < -0.3 is 15.0 Å². The minimum Gasteiger partial charge on any atom is -0.490 e. The number of amides is 1. The molecule has 3 fully saturated rings. The molecule has 1 saturated carbocycles. The van der Waals surface area contributed by atoms with Gasteiger partial charge in [0.1, 0.15) is 11.9 Å². The number of fused-ring (bicyclic) bond motifs is 3.